The normalized spacial score (nSPS) is 10.4. The molecule has 7 nitrogen and oxygen atoms in total. The summed E-state index contributed by atoms with van der Waals surface area (Å²) in [5.74, 6) is 0.573. The van der Waals surface area contributed by atoms with Gasteiger partial charge >= 0.3 is 6.61 Å². The van der Waals surface area contributed by atoms with E-state index in [1.165, 1.54) is 25.3 Å². The SMILES string of the molecule is COc1cc(CNc2ccc([N+](=O)[O-])cn2)ccc1OC(F)F. The fourth-order valence-electron chi connectivity index (χ4n) is 1.81. The van der Waals surface area contributed by atoms with Gasteiger partial charge in [-0.3, -0.25) is 10.1 Å². The van der Waals surface area contributed by atoms with Gasteiger partial charge in [0.15, 0.2) is 11.5 Å². The summed E-state index contributed by atoms with van der Waals surface area (Å²) in [5.41, 5.74) is 0.634. The molecule has 2 rings (SSSR count). The van der Waals surface area contributed by atoms with Gasteiger partial charge in [0.2, 0.25) is 0 Å². The van der Waals surface area contributed by atoms with Crippen LogP contribution in [0.1, 0.15) is 5.56 Å². The third-order valence-electron chi connectivity index (χ3n) is 2.88. The van der Waals surface area contributed by atoms with Crippen LogP contribution in [0.25, 0.3) is 0 Å². The van der Waals surface area contributed by atoms with E-state index in [9.17, 15) is 18.9 Å². The number of nitro groups is 1. The molecule has 0 spiro atoms. The number of alkyl halides is 2. The Bertz CT molecular complexity index is 680. The van der Waals surface area contributed by atoms with Crippen molar-refractivity contribution in [1.29, 1.82) is 0 Å². The fourth-order valence-corrected chi connectivity index (χ4v) is 1.81. The Morgan fingerprint density at radius 1 is 1.30 bits per heavy atom. The number of hydrogen-bond donors (Lipinski definition) is 1. The van der Waals surface area contributed by atoms with Crippen molar-refractivity contribution in [2.24, 2.45) is 0 Å². The summed E-state index contributed by atoms with van der Waals surface area (Å²) >= 11 is 0. The molecule has 2 aromatic rings. The second-order valence-electron chi connectivity index (χ2n) is 4.38. The Kier molecular flexibility index (Phi) is 5.23. The van der Waals surface area contributed by atoms with E-state index in [0.29, 0.717) is 12.4 Å². The Hall–Kier alpha value is -2.97. The zero-order valence-corrected chi connectivity index (χ0v) is 12.0. The number of anilines is 1. The minimum atomic E-state index is -2.93. The van der Waals surface area contributed by atoms with Gasteiger partial charge in [0, 0.05) is 12.6 Å². The molecule has 23 heavy (non-hydrogen) atoms. The van der Waals surface area contributed by atoms with Crippen LogP contribution < -0.4 is 14.8 Å². The molecule has 0 unspecified atom stereocenters. The molecule has 1 heterocycles. The lowest BCUT2D eigenvalue weighted by Crippen LogP contribution is -2.05. The molecule has 0 aliphatic rings. The summed E-state index contributed by atoms with van der Waals surface area (Å²) in [5, 5.41) is 13.5. The van der Waals surface area contributed by atoms with Crippen LogP contribution in [-0.4, -0.2) is 23.6 Å². The molecule has 1 aromatic heterocycles. The van der Waals surface area contributed by atoms with Crippen LogP contribution in [0.5, 0.6) is 11.5 Å². The largest absolute Gasteiger partial charge is 0.493 e. The number of benzene rings is 1. The maximum absolute atomic E-state index is 12.2. The van der Waals surface area contributed by atoms with Gasteiger partial charge in [-0.15, -0.1) is 0 Å². The van der Waals surface area contributed by atoms with Crippen LogP contribution in [-0.2, 0) is 6.54 Å². The third kappa shape index (κ3) is 4.50. The van der Waals surface area contributed by atoms with Gasteiger partial charge in [0.1, 0.15) is 12.0 Å². The molecule has 122 valence electrons. The number of hydrogen-bond acceptors (Lipinski definition) is 6. The van der Waals surface area contributed by atoms with Gasteiger partial charge in [-0.2, -0.15) is 8.78 Å². The number of rotatable bonds is 7. The number of halogens is 2. The van der Waals surface area contributed by atoms with Crippen molar-refractivity contribution in [3.8, 4) is 11.5 Å². The molecular formula is C14H13F2N3O4. The number of ether oxygens (including phenoxy) is 2. The lowest BCUT2D eigenvalue weighted by atomic mass is 10.2. The van der Waals surface area contributed by atoms with Gasteiger partial charge in [0.05, 0.1) is 12.0 Å². The summed E-state index contributed by atoms with van der Waals surface area (Å²) in [6, 6.07) is 7.33. The number of nitrogens with zero attached hydrogens (tertiary/aromatic N) is 2. The van der Waals surface area contributed by atoms with Crippen molar-refractivity contribution in [1.82, 2.24) is 4.98 Å². The van der Waals surface area contributed by atoms with Crippen molar-refractivity contribution in [3.63, 3.8) is 0 Å². The average molecular weight is 325 g/mol. The van der Waals surface area contributed by atoms with Gasteiger partial charge in [-0.1, -0.05) is 6.07 Å². The molecule has 0 radical (unpaired) electrons. The van der Waals surface area contributed by atoms with Gasteiger partial charge in [0.25, 0.3) is 5.69 Å². The van der Waals surface area contributed by atoms with Crippen molar-refractivity contribution in [2.75, 3.05) is 12.4 Å². The van der Waals surface area contributed by atoms with Crippen LogP contribution in [0, 0.1) is 10.1 Å². The Balaban J connectivity index is 2.04. The van der Waals surface area contributed by atoms with E-state index < -0.39 is 11.5 Å². The van der Waals surface area contributed by atoms with Crippen molar-refractivity contribution < 1.29 is 23.2 Å². The van der Waals surface area contributed by atoms with E-state index in [-0.39, 0.29) is 17.2 Å². The minimum absolute atomic E-state index is 0.0558. The highest BCUT2D eigenvalue weighted by Crippen LogP contribution is 2.29. The highest BCUT2D eigenvalue weighted by molar-refractivity contribution is 5.45. The van der Waals surface area contributed by atoms with Gasteiger partial charge in [-0.25, -0.2) is 4.98 Å². The standard InChI is InChI=1S/C14H13F2N3O4/c1-22-12-6-9(2-4-11(12)23-14(15)16)7-17-13-5-3-10(8-18-13)19(20)21/h2-6,8,14H,7H2,1H3,(H,17,18). The highest BCUT2D eigenvalue weighted by Gasteiger charge is 2.11. The van der Waals surface area contributed by atoms with E-state index in [1.807, 2.05) is 0 Å². The molecule has 0 aliphatic heterocycles. The maximum Gasteiger partial charge on any atom is 0.387 e. The molecule has 0 saturated heterocycles. The first-order valence-electron chi connectivity index (χ1n) is 6.45. The first-order valence-corrected chi connectivity index (χ1v) is 6.45. The number of nitrogens with one attached hydrogen (secondary N) is 1. The maximum atomic E-state index is 12.2. The monoisotopic (exact) mass is 325 g/mol. The molecular weight excluding hydrogens is 312 g/mol. The first-order chi connectivity index (χ1) is 11.0. The van der Waals surface area contributed by atoms with E-state index in [4.69, 9.17) is 4.74 Å². The van der Waals surface area contributed by atoms with Crippen LogP contribution >= 0.6 is 0 Å². The third-order valence-corrected chi connectivity index (χ3v) is 2.88. The lowest BCUT2D eigenvalue weighted by molar-refractivity contribution is -0.385. The fraction of sp³-hybridized carbons (Fsp3) is 0.214. The zero-order chi connectivity index (χ0) is 16.8. The summed E-state index contributed by atoms with van der Waals surface area (Å²) in [7, 11) is 1.35. The minimum Gasteiger partial charge on any atom is -0.493 e. The quantitative estimate of drug-likeness (QED) is 0.621. The van der Waals surface area contributed by atoms with E-state index in [1.54, 1.807) is 12.1 Å². The van der Waals surface area contributed by atoms with E-state index in [2.05, 4.69) is 15.0 Å². The second kappa shape index (κ2) is 7.34. The summed E-state index contributed by atoms with van der Waals surface area (Å²) < 4.78 is 33.8. The summed E-state index contributed by atoms with van der Waals surface area (Å²) in [6.07, 6.45) is 1.14. The van der Waals surface area contributed by atoms with Crippen molar-refractivity contribution in [3.05, 3.63) is 52.2 Å². The van der Waals surface area contributed by atoms with Crippen LogP contribution in [0.15, 0.2) is 36.5 Å². The Labute approximate surface area is 130 Å². The molecule has 1 aromatic carbocycles. The van der Waals surface area contributed by atoms with Crippen LogP contribution in [0.3, 0.4) is 0 Å². The molecule has 9 heteroatoms. The molecule has 0 aliphatic carbocycles. The molecule has 0 saturated carbocycles. The first kappa shape index (κ1) is 16.4. The molecule has 0 bridgehead atoms. The summed E-state index contributed by atoms with van der Waals surface area (Å²) in [4.78, 5) is 13.9. The highest BCUT2D eigenvalue weighted by atomic mass is 19.3. The van der Waals surface area contributed by atoms with Gasteiger partial charge in [-0.05, 0) is 23.8 Å². The predicted molar refractivity (Wildman–Crippen MR) is 77.8 cm³/mol. The molecule has 0 fully saturated rings. The Morgan fingerprint density at radius 3 is 2.65 bits per heavy atom. The second-order valence-corrected chi connectivity index (χ2v) is 4.38. The lowest BCUT2D eigenvalue weighted by Gasteiger charge is -2.12. The van der Waals surface area contributed by atoms with Crippen LogP contribution in [0.2, 0.25) is 0 Å². The number of pyridine rings is 1. The van der Waals surface area contributed by atoms with Gasteiger partial charge < -0.3 is 14.8 Å². The van der Waals surface area contributed by atoms with E-state index in [0.717, 1.165) is 11.8 Å². The van der Waals surface area contributed by atoms with Crippen molar-refractivity contribution >= 4 is 11.5 Å². The van der Waals surface area contributed by atoms with Crippen LogP contribution in [0.4, 0.5) is 20.3 Å². The number of aromatic nitrogens is 1. The molecule has 0 atom stereocenters. The Morgan fingerprint density at radius 2 is 2.09 bits per heavy atom. The smallest absolute Gasteiger partial charge is 0.387 e. The number of methoxy groups -OCH3 is 1. The average Bonchev–Trinajstić information content (AvgIpc) is 2.53. The predicted octanol–water partition coefficient (Wildman–Crippen LogP) is 3.21. The van der Waals surface area contributed by atoms with E-state index >= 15 is 0 Å². The topological polar surface area (TPSA) is 86.5 Å². The zero-order valence-electron chi connectivity index (χ0n) is 12.0. The summed E-state index contributed by atoms with van der Waals surface area (Å²) in [6.45, 7) is -2.60. The van der Waals surface area contributed by atoms with Crippen molar-refractivity contribution in [2.45, 2.75) is 13.2 Å². The molecule has 0 amide bonds. The molecule has 1 N–H and O–H groups in total.